The second-order valence-corrected chi connectivity index (χ2v) is 14.0. The minimum absolute atomic E-state index is 0.0830. The van der Waals surface area contributed by atoms with Gasteiger partial charge in [-0.25, -0.2) is 14.2 Å². The van der Waals surface area contributed by atoms with Gasteiger partial charge >= 0.3 is 0 Å². The van der Waals surface area contributed by atoms with Crippen LogP contribution in [-0.4, -0.2) is 45.1 Å². The number of hydrogen-bond acceptors (Lipinski definition) is 6. The van der Waals surface area contributed by atoms with Crippen LogP contribution in [0.5, 0.6) is 11.5 Å². The average molecular weight is 698 g/mol. The Bertz CT molecular complexity index is 1920. The van der Waals surface area contributed by atoms with Crippen LogP contribution in [0, 0.1) is 30.5 Å². The van der Waals surface area contributed by atoms with Crippen molar-refractivity contribution in [2.75, 3.05) is 16.4 Å². The number of anilines is 2. The number of amides is 4. The molecule has 0 spiro atoms. The van der Waals surface area contributed by atoms with Gasteiger partial charge in [-0.05, 0) is 92.3 Å². The highest BCUT2D eigenvalue weighted by Gasteiger charge is 2.76. The number of imide groups is 2. The first kappa shape index (κ1) is 31.7. The lowest BCUT2D eigenvalue weighted by atomic mass is 9.56. The summed E-state index contributed by atoms with van der Waals surface area (Å²) in [7, 11) is 0. The number of fused-ring (bicyclic) bond motifs is 4. The molecule has 3 aromatic rings. The molecule has 7 rings (SSSR count). The molecule has 6 atom stereocenters. The maximum absolute atomic E-state index is 14.5. The third-order valence-corrected chi connectivity index (χ3v) is 11.7. The second-order valence-electron chi connectivity index (χ2n) is 12.4. The third kappa shape index (κ3) is 4.39. The van der Waals surface area contributed by atoms with Crippen molar-refractivity contribution in [1.29, 1.82) is 0 Å². The molecule has 0 aromatic heterocycles. The van der Waals surface area contributed by atoms with Gasteiger partial charge in [0.1, 0.15) is 5.82 Å². The first-order chi connectivity index (χ1) is 22.3. The number of phenols is 1. The van der Waals surface area contributed by atoms with Gasteiger partial charge < -0.3 is 9.84 Å². The maximum atomic E-state index is 14.5. The number of benzene rings is 3. The molecule has 3 aromatic carbocycles. The van der Waals surface area contributed by atoms with Crippen LogP contribution in [0.3, 0.4) is 0 Å². The zero-order valence-corrected chi connectivity index (χ0v) is 27.4. The minimum atomic E-state index is -2.11. The Morgan fingerprint density at radius 3 is 2.30 bits per heavy atom. The summed E-state index contributed by atoms with van der Waals surface area (Å²) in [6, 6.07) is 14.3. The van der Waals surface area contributed by atoms with Gasteiger partial charge in [0.2, 0.25) is 11.8 Å². The Hall–Kier alpha value is -3.92. The number of ether oxygens (including phenoxy) is 1. The van der Waals surface area contributed by atoms with E-state index in [4.69, 9.17) is 39.5 Å². The molecule has 1 N–H and O–H groups in total. The summed E-state index contributed by atoms with van der Waals surface area (Å²) < 4.78 is 19.5. The molecular formula is C35H28Cl3FN2O6. The van der Waals surface area contributed by atoms with Gasteiger partial charge in [0.25, 0.3) is 11.8 Å². The number of phenolic OH excluding ortho intramolecular Hbond substituents is 1. The summed E-state index contributed by atoms with van der Waals surface area (Å²) in [5.41, 5.74) is 2.20. The number of halogens is 4. The normalized spacial score (nSPS) is 29.9. The van der Waals surface area contributed by atoms with Crippen molar-refractivity contribution in [3.05, 3.63) is 94.3 Å². The fourth-order valence-electron chi connectivity index (χ4n) is 7.73. The maximum Gasteiger partial charge on any atom is 0.258 e. The summed E-state index contributed by atoms with van der Waals surface area (Å²) in [6.07, 6.45) is 1.78. The van der Waals surface area contributed by atoms with Crippen molar-refractivity contribution in [3.63, 3.8) is 0 Å². The van der Waals surface area contributed by atoms with Gasteiger partial charge in [-0.2, -0.15) is 0 Å². The van der Waals surface area contributed by atoms with Crippen LogP contribution in [0.25, 0.3) is 0 Å². The predicted molar refractivity (Wildman–Crippen MR) is 175 cm³/mol. The summed E-state index contributed by atoms with van der Waals surface area (Å²) in [6.45, 7) is 3.79. The molecule has 0 bridgehead atoms. The van der Waals surface area contributed by atoms with E-state index in [0.717, 1.165) is 27.5 Å². The molecule has 2 saturated heterocycles. The second kappa shape index (κ2) is 11.1. The Balaban J connectivity index is 1.40. The number of carbonyl (C=O) groups is 4. The lowest BCUT2D eigenvalue weighted by Gasteiger charge is -2.50. The van der Waals surface area contributed by atoms with Crippen molar-refractivity contribution >= 4 is 69.8 Å². The zero-order valence-electron chi connectivity index (χ0n) is 25.2. The molecule has 0 radical (unpaired) electrons. The van der Waals surface area contributed by atoms with E-state index in [1.54, 1.807) is 37.3 Å². The lowest BCUT2D eigenvalue weighted by Crippen LogP contribution is -2.60. The van der Waals surface area contributed by atoms with Crippen LogP contribution in [-0.2, 0) is 19.2 Å². The quantitative estimate of drug-likeness (QED) is 0.182. The monoisotopic (exact) mass is 696 g/mol. The molecule has 2 aliphatic carbocycles. The first-order valence-corrected chi connectivity index (χ1v) is 16.3. The van der Waals surface area contributed by atoms with Gasteiger partial charge in [0.15, 0.2) is 21.2 Å². The van der Waals surface area contributed by atoms with Gasteiger partial charge in [-0.1, -0.05) is 35.4 Å². The number of aromatic hydroxyl groups is 1. The molecule has 2 heterocycles. The van der Waals surface area contributed by atoms with Crippen molar-refractivity contribution < 1.29 is 33.4 Å². The highest BCUT2D eigenvalue weighted by molar-refractivity contribution is 6.58. The van der Waals surface area contributed by atoms with Crippen molar-refractivity contribution in [1.82, 2.24) is 0 Å². The standard InChI is InChI=1S/C35H28Cl3FN2O6/c1-3-47-27-14-18(5-13-26(27)42)29-22-11-12-23-28(31(44)40(30(23)43)21-8-4-17(2)25(36)15-21)24(22)16-34(37)32(45)41(33(46)35(29,34)38)20-9-6-19(39)7-10-20/h4-11,13-15,23-24,28-29,42H,3,12,16H2,1-2H3/t23-,24+,28-,29-,34+,35-/m0/s1. The Morgan fingerprint density at radius 1 is 0.915 bits per heavy atom. The number of rotatable bonds is 5. The molecule has 8 nitrogen and oxygen atoms in total. The molecule has 0 unspecified atom stereocenters. The van der Waals surface area contributed by atoms with E-state index in [0.29, 0.717) is 21.8 Å². The summed E-state index contributed by atoms with van der Waals surface area (Å²) in [5.74, 6) is -6.58. The van der Waals surface area contributed by atoms with Crippen LogP contribution in [0.2, 0.25) is 5.02 Å². The molecule has 242 valence electrons. The Kier molecular flexibility index (Phi) is 7.46. The number of aryl methyl sites for hydroxylation is 1. The number of alkyl halides is 2. The average Bonchev–Trinajstić information content (AvgIpc) is 3.38. The topological polar surface area (TPSA) is 104 Å². The molecule has 2 aliphatic heterocycles. The largest absolute Gasteiger partial charge is 0.504 e. The number of allylic oxidation sites excluding steroid dienone is 2. The summed E-state index contributed by atoms with van der Waals surface area (Å²) in [5, 5.41) is 10.9. The molecular weight excluding hydrogens is 670 g/mol. The molecule has 4 aliphatic rings. The number of nitrogens with zero attached hydrogens (tertiary/aromatic N) is 2. The van der Waals surface area contributed by atoms with Crippen LogP contribution < -0.4 is 14.5 Å². The molecule has 1 saturated carbocycles. The zero-order chi connectivity index (χ0) is 33.6. The van der Waals surface area contributed by atoms with Gasteiger partial charge in [0, 0.05) is 10.9 Å². The summed E-state index contributed by atoms with van der Waals surface area (Å²) >= 11 is 21.2. The van der Waals surface area contributed by atoms with Crippen molar-refractivity contribution in [2.24, 2.45) is 17.8 Å². The van der Waals surface area contributed by atoms with Crippen molar-refractivity contribution in [2.45, 2.75) is 42.4 Å². The van der Waals surface area contributed by atoms with Crippen LogP contribution >= 0.6 is 34.8 Å². The van der Waals surface area contributed by atoms with E-state index in [1.165, 1.54) is 18.2 Å². The fourth-order valence-corrected chi connectivity index (χ4v) is 8.84. The van der Waals surface area contributed by atoms with Gasteiger partial charge in [0.05, 0.1) is 29.8 Å². The molecule has 3 fully saturated rings. The first-order valence-electron chi connectivity index (χ1n) is 15.2. The van der Waals surface area contributed by atoms with E-state index in [2.05, 4.69) is 0 Å². The van der Waals surface area contributed by atoms with E-state index in [1.807, 2.05) is 13.0 Å². The molecule has 47 heavy (non-hydrogen) atoms. The third-order valence-electron chi connectivity index (χ3n) is 9.93. The van der Waals surface area contributed by atoms with Crippen LogP contribution in [0.15, 0.2) is 72.3 Å². The highest BCUT2D eigenvalue weighted by atomic mass is 35.5. The van der Waals surface area contributed by atoms with E-state index in [-0.39, 0.29) is 36.6 Å². The highest BCUT2D eigenvalue weighted by Crippen LogP contribution is 2.66. The van der Waals surface area contributed by atoms with Crippen LogP contribution in [0.4, 0.5) is 15.8 Å². The summed E-state index contributed by atoms with van der Waals surface area (Å²) in [4.78, 5) is 54.8. The fraction of sp³-hybridized carbons (Fsp3) is 0.314. The number of carbonyl (C=O) groups excluding carboxylic acids is 4. The molecule has 4 amide bonds. The lowest BCUT2D eigenvalue weighted by molar-refractivity contribution is -0.125. The van der Waals surface area contributed by atoms with Crippen molar-refractivity contribution in [3.8, 4) is 11.5 Å². The van der Waals surface area contributed by atoms with Crippen LogP contribution in [0.1, 0.15) is 36.8 Å². The van der Waals surface area contributed by atoms with Gasteiger partial charge in [-0.3, -0.25) is 19.2 Å². The minimum Gasteiger partial charge on any atom is -0.504 e. The Labute approximate surface area is 284 Å². The smallest absolute Gasteiger partial charge is 0.258 e. The number of hydrogen-bond donors (Lipinski definition) is 1. The van der Waals surface area contributed by atoms with Gasteiger partial charge in [-0.15, -0.1) is 23.2 Å². The van der Waals surface area contributed by atoms with E-state index >= 15 is 0 Å². The SMILES string of the molecule is CCOc1cc([C@H]2C3=CC[C@@H]4C(=O)N(c5ccc(C)c(Cl)c5)C(=O)[C@@H]4[C@@H]3C[C@@]3(Cl)C(=O)N(c4ccc(F)cc4)C(=O)[C@@]23Cl)ccc1O. The predicted octanol–water partition coefficient (Wildman–Crippen LogP) is 6.66. The van der Waals surface area contributed by atoms with E-state index < -0.39 is 62.9 Å². The Morgan fingerprint density at radius 2 is 1.62 bits per heavy atom. The molecule has 12 heteroatoms. The van der Waals surface area contributed by atoms with E-state index in [9.17, 15) is 28.7 Å².